The monoisotopic (exact) mass is 684 g/mol. The van der Waals surface area contributed by atoms with Gasteiger partial charge in [0.2, 0.25) is 10.0 Å². The van der Waals surface area contributed by atoms with Crippen LogP contribution < -0.4 is 20.3 Å². The Morgan fingerprint density at radius 1 is 0.776 bits per heavy atom. The van der Waals surface area contributed by atoms with Gasteiger partial charge in [-0.25, -0.2) is 17.9 Å². The quantitative estimate of drug-likeness (QED) is 0.125. The molecular weight excluding hydrogens is 644 g/mol. The lowest BCUT2D eigenvalue weighted by molar-refractivity contribution is 0.0696. The molecule has 12 heteroatoms. The highest BCUT2D eigenvalue weighted by Crippen LogP contribution is 2.28. The molecule has 1 aliphatic heterocycles. The van der Waals surface area contributed by atoms with Gasteiger partial charge >= 0.3 is 5.97 Å². The number of piperidine rings is 1. The van der Waals surface area contributed by atoms with Crippen molar-refractivity contribution < 1.29 is 32.6 Å². The summed E-state index contributed by atoms with van der Waals surface area (Å²) in [4.78, 5) is 40.4. The molecule has 11 nitrogen and oxygen atoms in total. The topological polar surface area (TPSA) is 154 Å². The van der Waals surface area contributed by atoms with Gasteiger partial charge in [0, 0.05) is 43.7 Å². The van der Waals surface area contributed by atoms with Gasteiger partial charge in [-0.2, -0.15) is 0 Å². The van der Waals surface area contributed by atoms with E-state index in [0.717, 1.165) is 62.0 Å². The van der Waals surface area contributed by atoms with Crippen molar-refractivity contribution in [1.29, 1.82) is 0 Å². The summed E-state index contributed by atoms with van der Waals surface area (Å²) >= 11 is 0. The summed E-state index contributed by atoms with van der Waals surface area (Å²) < 4.78 is 32.8. The number of amides is 2. The molecule has 0 spiro atoms. The number of aromatic carboxylic acids is 1. The number of anilines is 3. The first-order chi connectivity index (χ1) is 23.6. The minimum atomic E-state index is -3.86. The number of nitrogens with one attached hydrogen (secondary N) is 3. The highest BCUT2D eigenvalue weighted by atomic mass is 32.2. The molecule has 2 amide bonds. The summed E-state index contributed by atoms with van der Waals surface area (Å²) in [5.41, 5.74) is 4.48. The van der Waals surface area contributed by atoms with E-state index in [1.54, 1.807) is 24.3 Å². The summed E-state index contributed by atoms with van der Waals surface area (Å²) in [5.74, 6) is -1.92. The lowest BCUT2D eigenvalue weighted by Gasteiger charge is -2.29. The number of aryl methyl sites for hydroxylation is 2. The molecule has 4 N–H and O–H groups in total. The van der Waals surface area contributed by atoms with Crippen LogP contribution in [-0.4, -0.2) is 64.7 Å². The number of hydrogen-bond acceptors (Lipinski definition) is 7. The normalized spacial score (nSPS) is 13.1. The third-order valence-electron chi connectivity index (χ3n) is 8.34. The van der Waals surface area contributed by atoms with Crippen molar-refractivity contribution in [2.24, 2.45) is 0 Å². The molecule has 4 aromatic rings. The van der Waals surface area contributed by atoms with Gasteiger partial charge in [-0.05, 0) is 104 Å². The Morgan fingerprint density at radius 3 is 2.10 bits per heavy atom. The van der Waals surface area contributed by atoms with Gasteiger partial charge < -0.3 is 25.4 Å². The number of rotatable bonds is 14. The Hall–Kier alpha value is -5.04. The van der Waals surface area contributed by atoms with Gasteiger partial charge in [0.15, 0.2) is 0 Å². The Labute approximate surface area is 286 Å². The first-order valence-electron chi connectivity index (χ1n) is 16.1. The second-order valence-corrected chi connectivity index (χ2v) is 13.6. The summed E-state index contributed by atoms with van der Waals surface area (Å²) in [6.07, 6.45) is 4.73. The second-order valence-electron chi connectivity index (χ2n) is 11.8. The smallest absolute Gasteiger partial charge is 0.335 e. The van der Waals surface area contributed by atoms with E-state index in [9.17, 15) is 22.8 Å². The van der Waals surface area contributed by atoms with Gasteiger partial charge in [-0.15, -0.1) is 0 Å². The summed E-state index contributed by atoms with van der Waals surface area (Å²) in [5, 5.41) is 14.9. The predicted molar refractivity (Wildman–Crippen MR) is 189 cm³/mol. The summed E-state index contributed by atoms with van der Waals surface area (Å²) in [7, 11) is -2.39. The first kappa shape index (κ1) is 35.3. The molecule has 49 heavy (non-hydrogen) atoms. The van der Waals surface area contributed by atoms with E-state index < -0.39 is 27.8 Å². The van der Waals surface area contributed by atoms with E-state index in [0.29, 0.717) is 11.4 Å². The second kappa shape index (κ2) is 16.4. The Kier molecular flexibility index (Phi) is 11.8. The number of sulfonamides is 1. The number of benzene rings is 4. The third kappa shape index (κ3) is 9.53. The number of carbonyl (C=O) groups excluding carboxylic acids is 2. The molecule has 5 rings (SSSR count). The molecule has 0 aromatic heterocycles. The van der Waals surface area contributed by atoms with Crippen LogP contribution in [0.1, 0.15) is 61.5 Å². The molecule has 0 atom stereocenters. The molecule has 4 aromatic carbocycles. The van der Waals surface area contributed by atoms with Crippen LogP contribution >= 0.6 is 0 Å². The number of methoxy groups -OCH3 is 1. The van der Waals surface area contributed by atoms with Crippen LogP contribution in [0.15, 0.2) is 95.9 Å². The van der Waals surface area contributed by atoms with E-state index in [1.165, 1.54) is 31.4 Å². The van der Waals surface area contributed by atoms with Crippen LogP contribution in [0.3, 0.4) is 0 Å². The minimum absolute atomic E-state index is 0.0609. The molecule has 0 aliphatic carbocycles. The number of nitrogens with zero attached hydrogens (tertiary/aromatic N) is 1. The number of carboxylic acid groups (broad SMARTS) is 1. The van der Waals surface area contributed by atoms with Gasteiger partial charge in [0.1, 0.15) is 0 Å². The van der Waals surface area contributed by atoms with Crippen molar-refractivity contribution in [3.8, 4) is 0 Å². The lowest BCUT2D eigenvalue weighted by Crippen LogP contribution is -2.29. The summed E-state index contributed by atoms with van der Waals surface area (Å²) in [6.45, 7) is 2.04. The minimum Gasteiger partial charge on any atom is -0.478 e. The van der Waals surface area contributed by atoms with Crippen molar-refractivity contribution >= 4 is 44.9 Å². The highest BCUT2D eigenvalue weighted by Gasteiger charge is 2.21. The fourth-order valence-electron chi connectivity index (χ4n) is 5.59. The number of hydrogen-bond donors (Lipinski definition) is 4. The van der Waals surface area contributed by atoms with Crippen LogP contribution in [0.2, 0.25) is 0 Å². The molecule has 1 heterocycles. The molecule has 0 unspecified atom stereocenters. The Balaban J connectivity index is 1.31. The van der Waals surface area contributed by atoms with Crippen LogP contribution in [0, 0.1) is 0 Å². The van der Waals surface area contributed by atoms with Crippen LogP contribution in [0.5, 0.6) is 0 Å². The maximum atomic E-state index is 13.7. The van der Waals surface area contributed by atoms with Crippen molar-refractivity contribution in [2.75, 3.05) is 48.9 Å². The third-order valence-corrected chi connectivity index (χ3v) is 9.80. The highest BCUT2D eigenvalue weighted by molar-refractivity contribution is 7.89. The van der Waals surface area contributed by atoms with Gasteiger partial charge in [0.05, 0.1) is 28.3 Å². The molecule has 0 radical (unpaired) electrons. The molecule has 1 fully saturated rings. The fraction of sp³-hybridized carbons (Fsp3) is 0.270. The van der Waals surface area contributed by atoms with Crippen LogP contribution in [0.25, 0.3) is 0 Å². The fourth-order valence-corrected chi connectivity index (χ4v) is 6.65. The number of carbonyl (C=O) groups is 3. The number of carboxylic acids is 1. The SMILES string of the molecule is COCCNS(=O)(=O)c1cccc(C(=O)Nc2ccc(N3CCCCC3)cc2C(=O)Nc2ccc(CCc3ccc(C(=O)O)cc3)cc2)c1. The first-order valence-corrected chi connectivity index (χ1v) is 17.6. The summed E-state index contributed by atoms with van der Waals surface area (Å²) in [6, 6.07) is 25.4. The standard InChI is InChI=1S/C37H40N4O7S/c1-48-23-20-38-49(46,47)32-7-5-6-29(24-32)35(42)40-34-19-18-31(41-21-3-2-4-22-41)25-33(34)36(43)39-30-16-12-27(13-17-30)9-8-26-10-14-28(15-11-26)37(44)45/h5-7,10-19,24-25,38H,2-4,8-9,20-23H2,1H3,(H,39,43)(H,40,42)(H,44,45). The molecule has 1 saturated heterocycles. The van der Waals surface area contributed by atoms with Crippen LogP contribution in [0.4, 0.5) is 17.1 Å². The van der Waals surface area contributed by atoms with E-state index in [2.05, 4.69) is 20.3 Å². The van der Waals surface area contributed by atoms with Gasteiger partial charge in [-0.1, -0.05) is 30.3 Å². The largest absolute Gasteiger partial charge is 0.478 e. The van der Waals surface area contributed by atoms with Gasteiger partial charge in [0.25, 0.3) is 11.8 Å². The number of ether oxygens (including phenoxy) is 1. The molecule has 0 bridgehead atoms. The maximum absolute atomic E-state index is 13.7. The van der Waals surface area contributed by atoms with E-state index in [4.69, 9.17) is 9.84 Å². The molecule has 1 aliphatic rings. The van der Waals surface area contributed by atoms with Crippen molar-refractivity contribution in [3.05, 3.63) is 119 Å². The molecule has 0 saturated carbocycles. The van der Waals surface area contributed by atoms with E-state index in [-0.39, 0.29) is 34.7 Å². The van der Waals surface area contributed by atoms with Crippen LogP contribution in [-0.2, 0) is 27.6 Å². The Morgan fingerprint density at radius 2 is 1.45 bits per heavy atom. The van der Waals surface area contributed by atoms with E-state index in [1.807, 2.05) is 42.5 Å². The van der Waals surface area contributed by atoms with Crippen molar-refractivity contribution in [1.82, 2.24) is 4.72 Å². The molecular formula is C37H40N4O7S. The Bertz CT molecular complexity index is 1890. The van der Waals surface area contributed by atoms with Crippen molar-refractivity contribution in [3.63, 3.8) is 0 Å². The zero-order valence-electron chi connectivity index (χ0n) is 27.3. The zero-order valence-corrected chi connectivity index (χ0v) is 28.1. The molecule has 256 valence electrons. The average molecular weight is 685 g/mol. The maximum Gasteiger partial charge on any atom is 0.335 e. The lowest BCUT2D eigenvalue weighted by atomic mass is 10.0. The van der Waals surface area contributed by atoms with E-state index >= 15 is 0 Å². The average Bonchev–Trinajstić information content (AvgIpc) is 3.12. The van der Waals surface area contributed by atoms with Crippen molar-refractivity contribution in [2.45, 2.75) is 37.0 Å². The predicted octanol–water partition coefficient (Wildman–Crippen LogP) is 5.59. The zero-order chi connectivity index (χ0) is 34.8. The van der Waals surface area contributed by atoms with Gasteiger partial charge in [-0.3, -0.25) is 9.59 Å².